The van der Waals surface area contributed by atoms with Crippen LogP contribution in [0.2, 0.25) is 0 Å². The van der Waals surface area contributed by atoms with Gasteiger partial charge in [0.25, 0.3) is 0 Å². The SMILES string of the molecule is c1ccc2c(c1)cc(-c1ccc(N(c3ccc4c(c3)oc3cccc(-n5c6ccccc6c6ccccc65)c34)c3ccc4oc5ccccc5c4c3)cc1)c1ccccc12. The number of anilines is 3. The lowest BCUT2D eigenvalue weighted by Gasteiger charge is -2.26. The highest BCUT2D eigenvalue weighted by Gasteiger charge is 2.21. The summed E-state index contributed by atoms with van der Waals surface area (Å²) >= 11 is 0. The smallest absolute Gasteiger partial charge is 0.137 e. The van der Waals surface area contributed by atoms with Gasteiger partial charge < -0.3 is 18.3 Å². The van der Waals surface area contributed by atoms with Crippen molar-refractivity contribution in [2.24, 2.45) is 0 Å². The largest absolute Gasteiger partial charge is 0.456 e. The fourth-order valence-corrected chi connectivity index (χ4v) is 9.69. The molecule has 13 rings (SSSR count). The molecule has 0 fully saturated rings. The first-order chi connectivity index (χ1) is 29.7. The highest BCUT2D eigenvalue weighted by molar-refractivity contribution is 6.16. The standard InChI is InChI=1S/C56H34N2O2/c1-2-13-40-36(12-1)32-47(42-15-4-3-14-41(40)42)35-24-26-37(27-25-35)57(38-29-31-53-48(33-38)45-18-7-10-22-52(45)59-53)39-28-30-46-55(34-39)60-54-23-11-21-51(56(46)54)58-49-19-8-5-16-43(49)44-17-6-9-20-50(44)58/h1-34H. The zero-order valence-electron chi connectivity index (χ0n) is 32.3. The minimum Gasteiger partial charge on any atom is -0.456 e. The molecule has 0 bridgehead atoms. The fourth-order valence-electron chi connectivity index (χ4n) is 9.69. The zero-order valence-corrected chi connectivity index (χ0v) is 32.3. The van der Waals surface area contributed by atoms with Gasteiger partial charge in [-0.25, -0.2) is 0 Å². The highest BCUT2D eigenvalue weighted by atomic mass is 16.3. The van der Waals surface area contributed by atoms with Crippen LogP contribution in [0.15, 0.2) is 215 Å². The van der Waals surface area contributed by atoms with Gasteiger partial charge in [0.15, 0.2) is 0 Å². The molecule has 13 aromatic rings. The molecule has 4 nitrogen and oxygen atoms in total. The van der Waals surface area contributed by atoms with Crippen molar-refractivity contribution in [2.75, 3.05) is 4.90 Å². The molecule has 3 aromatic heterocycles. The quantitative estimate of drug-likeness (QED) is 0.164. The number of benzene rings is 10. The minimum atomic E-state index is 0.829. The summed E-state index contributed by atoms with van der Waals surface area (Å²) in [5.41, 5.74) is 12.3. The van der Waals surface area contributed by atoms with Crippen LogP contribution >= 0.6 is 0 Å². The maximum Gasteiger partial charge on any atom is 0.137 e. The van der Waals surface area contributed by atoms with Gasteiger partial charge in [-0.3, -0.25) is 0 Å². The molecule has 3 heterocycles. The van der Waals surface area contributed by atoms with E-state index in [2.05, 4.69) is 204 Å². The first-order valence-corrected chi connectivity index (χ1v) is 20.4. The Balaban J connectivity index is 0.998. The summed E-state index contributed by atoms with van der Waals surface area (Å²) in [5.74, 6) is 0. The molecule has 60 heavy (non-hydrogen) atoms. The molecule has 0 N–H and O–H groups in total. The lowest BCUT2D eigenvalue weighted by Crippen LogP contribution is -2.09. The van der Waals surface area contributed by atoms with E-state index in [9.17, 15) is 0 Å². The van der Waals surface area contributed by atoms with Gasteiger partial charge in [-0.15, -0.1) is 0 Å². The maximum atomic E-state index is 6.79. The zero-order chi connectivity index (χ0) is 39.3. The van der Waals surface area contributed by atoms with E-state index < -0.39 is 0 Å². The fraction of sp³-hybridized carbons (Fsp3) is 0. The molecule has 0 amide bonds. The first kappa shape index (κ1) is 32.9. The van der Waals surface area contributed by atoms with Crippen molar-refractivity contribution in [3.05, 3.63) is 206 Å². The second-order valence-corrected chi connectivity index (χ2v) is 15.7. The average molecular weight is 767 g/mol. The topological polar surface area (TPSA) is 34.5 Å². The summed E-state index contributed by atoms with van der Waals surface area (Å²) in [6, 6.07) is 73.8. The van der Waals surface area contributed by atoms with Crippen LogP contribution in [-0.2, 0) is 0 Å². The van der Waals surface area contributed by atoms with Crippen LogP contribution in [0.4, 0.5) is 17.1 Å². The lowest BCUT2D eigenvalue weighted by molar-refractivity contribution is 0.668. The van der Waals surface area contributed by atoms with Gasteiger partial charge in [0.2, 0.25) is 0 Å². The Morgan fingerprint density at radius 1 is 0.333 bits per heavy atom. The van der Waals surface area contributed by atoms with Crippen molar-refractivity contribution in [3.63, 3.8) is 0 Å². The normalized spacial score (nSPS) is 12.0. The van der Waals surface area contributed by atoms with E-state index in [1.165, 1.54) is 54.5 Å². The second-order valence-electron chi connectivity index (χ2n) is 15.7. The van der Waals surface area contributed by atoms with E-state index >= 15 is 0 Å². The number of aromatic nitrogens is 1. The Bertz CT molecular complexity index is 3790. The molecule has 0 radical (unpaired) electrons. The van der Waals surface area contributed by atoms with Crippen molar-refractivity contribution >= 4 is 104 Å². The van der Waals surface area contributed by atoms with Crippen molar-refractivity contribution in [3.8, 4) is 16.8 Å². The van der Waals surface area contributed by atoms with Crippen LogP contribution in [0.5, 0.6) is 0 Å². The third kappa shape index (κ3) is 4.85. The van der Waals surface area contributed by atoms with Crippen LogP contribution < -0.4 is 4.90 Å². The Morgan fingerprint density at radius 2 is 0.917 bits per heavy atom. The van der Waals surface area contributed by atoms with Gasteiger partial charge >= 0.3 is 0 Å². The van der Waals surface area contributed by atoms with Gasteiger partial charge in [-0.2, -0.15) is 0 Å². The molecule has 4 heteroatoms. The summed E-state index contributed by atoms with van der Waals surface area (Å²) in [4.78, 5) is 2.32. The Hall–Kier alpha value is -8.08. The summed E-state index contributed by atoms with van der Waals surface area (Å²) in [7, 11) is 0. The molecule has 0 saturated heterocycles. The molecule has 0 saturated carbocycles. The third-order valence-corrected chi connectivity index (χ3v) is 12.4. The van der Waals surface area contributed by atoms with Crippen molar-refractivity contribution in [1.82, 2.24) is 4.57 Å². The average Bonchev–Trinajstić information content (AvgIpc) is 3.98. The molecule has 0 unspecified atom stereocenters. The third-order valence-electron chi connectivity index (χ3n) is 12.4. The minimum absolute atomic E-state index is 0.829. The van der Waals surface area contributed by atoms with Gasteiger partial charge in [0.1, 0.15) is 22.3 Å². The van der Waals surface area contributed by atoms with Gasteiger partial charge in [-0.1, -0.05) is 121 Å². The number of fused-ring (bicyclic) bond motifs is 12. The van der Waals surface area contributed by atoms with Crippen LogP contribution in [-0.4, -0.2) is 4.57 Å². The second kappa shape index (κ2) is 12.7. The summed E-state index contributed by atoms with van der Waals surface area (Å²) in [6.07, 6.45) is 0. The first-order valence-electron chi connectivity index (χ1n) is 20.4. The van der Waals surface area contributed by atoms with E-state index in [1.54, 1.807) is 0 Å². The summed E-state index contributed by atoms with van der Waals surface area (Å²) < 4.78 is 15.5. The predicted octanol–water partition coefficient (Wildman–Crippen LogP) is 16.0. The maximum absolute atomic E-state index is 6.79. The molecule has 0 atom stereocenters. The molecule has 280 valence electrons. The number of rotatable bonds is 5. The van der Waals surface area contributed by atoms with Crippen molar-refractivity contribution in [2.45, 2.75) is 0 Å². The molecule has 0 spiro atoms. The highest BCUT2D eigenvalue weighted by Crippen LogP contribution is 2.44. The van der Waals surface area contributed by atoms with Gasteiger partial charge in [0, 0.05) is 50.1 Å². The van der Waals surface area contributed by atoms with Crippen LogP contribution in [0.25, 0.3) is 104 Å². The van der Waals surface area contributed by atoms with Gasteiger partial charge in [-0.05, 0) is 112 Å². The van der Waals surface area contributed by atoms with E-state index in [0.717, 1.165) is 66.6 Å². The van der Waals surface area contributed by atoms with E-state index in [1.807, 2.05) is 12.1 Å². The Morgan fingerprint density at radius 3 is 1.72 bits per heavy atom. The monoisotopic (exact) mass is 766 g/mol. The Labute approximate surface area is 344 Å². The van der Waals surface area contributed by atoms with Crippen LogP contribution in [0.3, 0.4) is 0 Å². The molecule has 0 aliphatic heterocycles. The van der Waals surface area contributed by atoms with E-state index in [0.29, 0.717) is 0 Å². The molecular weight excluding hydrogens is 733 g/mol. The molecule has 10 aromatic carbocycles. The summed E-state index contributed by atoms with van der Waals surface area (Å²) in [6.45, 7) is 0. The van der Waals surface area contributed by atoms with E-state index in [-0.39, 0.29) is 0 Å². The predicted molar refractivity (Wildman–Crippen MR) is 250 cm³/mol. The lowest BCUT2D eigenvalue weighted by atomic mass is 9.93. The van der Waals surface area contributed by atoms with Gasteiger partial charge in [0.05, 0.1) is 22.1 Å². The molecule has 0 aliphatic carbocycles. The Kier molecular flexibility index (Phi) is 6.98. The number of nitrogens with zero attached hydrogens (tertiary/aromatic N) is 2. The molecular formula is C56H34N2O2. The summed E-state index contributed by atoms with van der Waals surface area (Å²) in [5, 5.41) is 11.8. The van der Waals surface area contributed by atoms with Crippen molar-refractivity contribution in [1.29, 1.82) is 0 Å². The van der Waals surface area contributed by atoms with Crippen molar-refractivity contribution < 1.29 is 8.83 Å². The van der Waals surface area contributed by atoms with E-state index in [4.69, 9.17) is 8.83 Å². The number of hydrogen-bond donors (Lipinski definition) is 0. The van der Waals surface area contributed by atoms with Crippen LogP contribution in [0, 0.1) is 0 Å². The number of para-hydroxylation sites is 3. The van der Waals surface area contributed by atoms with Crippen LogP contribution in [0.1, 0.15) is 0 Å². The number of hydrogen-bond acceptors (Lipinski definition) is 3. The number of furan rings is 2. The molecule has 0 aliphatic rings.